The van der Waals surface area contributed by atoms with Crippen molar-refractivity contribution >= 4 is 23.5 Å². The van der Waals surface area contributed by atoms with E-state index in [4.69, 9.17) is 5.73 Å². The molecule has 0 bridgehead atoms. The normalized spacial score (nSPS) is 10.7. The Hall–Kier alpha value is -2.22. The number of primary amides is 1. The van der Waals surface area contributed by atoms with Crippen LogP contribution in [0.2, 0.25) is 0 Å². The Labute approximate surface area is 137 Å². The molecule has 1 amide bonds. The molecule has 1 aromatic heterocycles. The molecule has 0 fully saturated rings. The third-order valence-electron chi connectivity index (χ3n) is 3.20. The average molecular weight is 336 g/mol. The molecule has 1 aromatic carbocycles. The van der Waals surface area contributed by atoms with Crippen LogP contribution in [-0.2, 0) is 17.8 Å². The standard InChI is InChI=1S/C15H17FN4O2S/c1-2-20-14(8-7-13(17)22)18-19-15(20)23-9-12(21)10-3-5-11(16)6-4-10/h3-6H,2,7-9H2,1H3,(H2,17,22). The summed E-state index contributed by atoms with van der Waals surface area (Å²) in [6.45, 7) is 2.57. The van der Waals surface area contributed by atoms with Crippen LogP contribution in [-0.4, -0.2) is 32.2 Å². The van der Waals surface area contributed by atoms with Crippen LogP contribution in [0.5, 0.6) is 0 Å². The van der Waals surface area contributed by atoms with Crippen molar-refractivity contribution in [2.24, 2.45) is 5.73 Å². The van der Waals surface area contributed by atoms with Crippen LogP contribution in [0, 0.1) is 5.82 Å². The Morgan fingerprint density at radius 3 is 2.57 bits per heavy atom. The summed E-state index contributed by atoms with van der Waals surface area (Å²) in [7, 11) is 0. The lowest BCUT2D eigenvalue weighted by Crippen LogP contribution is -2.13. The van der Waals surface area contributed by atoms with E-state index in [-0.39, 0.29) is 23.8 Å². The first-order valence-electron chi connectivity index (χ1n) is 7.13. The lowest BCUT2D eigenvalue weighted by atomic mass is 10.1. The van der Waals surface area contributed by atoms with Crippen molar-refractivity contribution in [2.75, 3.05) is 5.75 Å². The molecule has 2 rings (SSSR count). The molecule has 23 heavy (non-hydrogen) atoms. The molecule has 1 heterocycles. The fraction of sp³-hybridized carbons (Fsp3) is 0.333. The first-order chi connectivity index (χ1) is 11.0. The fourth-order valence-electron chi connectivity index (χ4n) is 2.01. The Balaban J connectivity index is 2.01. The Kier molecular flexibility index (Phi) is 5.86. The third kappa shape index (κ3) is 4.62. The van der Waals surface area contributed by atoms with Crippen LogP contribution in [0.25, 0.3) is 0 Å². The van der Waals surface area contributed by atoms with Gasteiger partial charge in [0.1, 0.15) is 11.6 Å². The summed E-state index contributed by atoms with van der Waals surface area (Å²) in [4.78, 5) is 23.0. The molecule has 0 radical (unpaired) electrons. The highest BCUT2D eigenvalue weighted by molar-refractivity contribution is 7.99. The number of hydrogen-bond donors (Lipinski definition) is 1. The van der Waals surface area contributed by atoms with Crippen LogP contribution in [0.3, 0.4) is 0 Å². The maximum absolute atomic E-state index is 12.9. The second-order valence-corrected chi connectivity index (χ2v) is 5.77. The Morgan fingerprint density at radius 2 is 1.96 bits per heavy atom. The SMILES string of the molecule is CCn1c(CCC(N)=O)nnc1SCC(=O)c1ccc(F)cc1. The Bertz CT molecular complexity index is 700. The molecule has 0 unspecified atom stereocenters. The topological polar surface area (TPSA) is 90.9 Å². The summed E-state index contributed by atoms with van der Waals surface area (Å²) in [5.74, 6) is -0.0303. The summed E-state index contributed by atoms with van der Waals surface area (Å²) in [5, 5.41) is 8.71. The van der Waals surface area contributed by atoms with Gasteiger partial charge in [-0.3, -0.25) is 9.59 Å². The molecule has 0 aliphatic rings. The van der Waals surface area contributed by atoms with Gasteiger partial charge in [0.2, 0.25) is 5.91 Å². The molecular formula is C15H17FN4O2S. The number of nitrogens with two attached hydrogens (primary N) is 1. The van der Waals surface area contributed by atoms with E-state index in [1.807, 2.05) is 11.5 Å². The molecule has 6 nitrogen and oxygen atoms in total. The zero-order valence-corrected chi connectivity index (χ0v) is 13.5. The molecule has 122 valence electrons. The van der Waals surface area contributed by atoms with E-state index in [1.54, 1.807) is 0 Å². The summed E-state index contributed by atoms with van der Waals surface area (Å²) in [5.41, 5.74) is 5.59. The van der Waals surface area contributed by atoms with E-state index < -0.39 is 5.91 Å². The van der Waals surface area contributed by atoms with Gasteiger partial charge >= 0.3 is 0 Å². The minimum atomic E-state index is -0.392. The van der Waals surface area contributed by atoms with Gasteiger partial charge in [0.05, 0.1) is 5.75 Å². The van der Waals surface area contributed by atoms with Crippen LogP contribution < -0.4 is 5.73 Å². The van der Waals surface area contributed by atoms with Gasteiger partial charge in [-0.2, -0.15) is 0 Å². The fourth-order valence-corrected chi connectivity index (χ4v) is 2.93. The van der Waals surface area contributed by atoms with Crippen molar-refractivity contribution in [3.8, 4) is 0 Å². The van der Waals surface area contributed by atoms with Gasteiger partial charge in [0.15, 0.2) is 10.9 Å². The smallest absolute Gasteiger partial charge is 0.217 e. The molecule has 0 aliphatic heterocycles. The third-order valence-corrected chi connectivity index (χ3v) is 4.17. The number of rotatable bonds is 8. The predicted molar refractivity (Wildman–Crippen MR) is 84.7 cm³/mol. The quantitative estimate of drug-likeness (QED) is 0.586. The Morgan fingerprint density at radius 1 is 1.26 bits per heavy atom. The second kappa shape index (κ2) is 7.87. The van der Waals surface area contributed by atoms with Gasteiger partial charge < -0.3 is 10.3 Å². The number of aromatic nitrogens is 3. The number of carbonyl (C=O) groups is 2. The van der Waals surface area contributed by atoms with Gasteiger partial charge in [-0.25, -0.2) is 4.39 Å². The number of hydrogen-bond acceptors (Lipinski definition) is 5. The summed E-state index contributed by atoms with van der Waals surface area (Å²) in [6, 6.07) is 5.44. The van der Waals surface area contributed by atoms with Crippen molar-refractivity contribution in [2.45, 2.75) is 31.5 Å². The predicted octanol–water partition coefficient (Wildman–Crippen LogP) is 1.83. The number of halogens is 1. The molecule has 8 heteroatoms. The van der Waals surface area contributed by atoms with Crippen molar-refractivity contribution in [3.05, 3.63) is 41.5 Å². The van der Waals surface area contributed by atoms with Gasteiger partial charge in [-0.1, -0.05) is 11.8 Å². The van der Waals surface area contributed by atoms with Crippen LogP contribution in [0.1, 0.15) is 29.5 Å². The van der Waals surface area contributed by atoms with E-state index >= 15 is 0 Å². The molecule has 0 saturated carbocycles. The van der Waals surface area contributed by atoms with E-state index in [0.29, 0.717) is 29.5 Å². The molecule has 2 N–H and O–H groups in total. The van der Waals surface area contributed by atoms with E-state index in [0.717, 1.165) is 0 Å². The number of amides is 1. The second-order valence-electron chi connectivity index (χ2n) is 4.83. The first kappa shape index (κ1) is 17.1. The molecular weight excluding hydrogens is 319 g/mol. The summed E-state index contributed by atoms with van der Waals surface area (Å²) < 4.78 is 14.7. The molecule has 0 atom stereocenters. The van der Waals surface area contributed by atoms with Gasteiger partial charge in [-0.05, 0) is 31.2 Å². The van der Waals surface area contributed by atoms with Crippen molar-refractivity contribution in [1.29, 1.82) is 0 Å². The maximum atomic E-state index is 12.9. The monoisotopic (exact) mass is 336 g/mol. The van der Waals surface area contributed by atoms with Crippen LogP contribution >= 0.6 is 11.8 Å². The molecule has 0 spiro atoms. The minimum Gasteiger partial charge on any atom is -0.370 e. The first-order valence-corrected chi connectivity index (χ1v) is 8.11. The van der Waals surface area contributed by atoms with Crippen molar-refractivity contribution in [3.63, 3.8) is 0 Å². The van der Waals surface area contributed by atoms with Crippen molar-refractivity contribution < 1.29 is 14.0 Å². The average Bonchev–Trinajstić information content (AvgIpc) is 2.93. The number of nitrogens with zero attached hydrogens (tertiary/aromatic N) is 3. The van der Waals surface area contributed by atoms with Gasteiger partial charge in [0, 0.05) is 24.9 Å². The van der Waals surface area contributed by atoms with Gasteiger partial charge in [0.25, 0.3) is 0 Å². The zero-order valence-electron chi connectivity index (χ0n) is 12.7. The van der Waals surface area contributed by atoms with E-state index in [9.17, 15) is 14.0 Å². The summed E-state index contributed by atoms with van der Waals surface area (Å²) in [6.07, 6.45) is 0.625. The van der Waals surface area contributed by atoms with Crippen LogP contribution in [0.15, 0.2) is 29.4 Å². The largest absolute Gasteiger partial charge is 0.370 e. The number of aryl methyl sites for hydroxylation is 1. The number of thioether (sulfide) groups is 1. The van der Waals surface area contributed by atoms with Crippen molar-refractivity contribution in [1.82, 2.24) is 14.8 Å². The lowest BCUT2D eigenvalue weighted by Gasteiger charge is -2.06. The number of benzene rings is 1. The molecule has 0 saturated heterocycles. The van der Waals surface area contributed by atoms with E-state index in [1.165, 1.54) is 36.0 Å². The zero-order chi connectivity index (χ0) is 16.8. The lowest BCUT2D eigenvalue weighted by molar-refractivity contribution is -0.118. The van der Waals surface area contributed by atoms with E-state index in [2.05, 4.69) is 10.2 Å². The molecule has 2 aromatic rings. The van der Waals surface area contributed by atoms with Crippen LogP contribution in [0.4, 0.5) is 4.39 Å². The minimum absolute atomic E-state index is 0.112. The molecule has 0 aliphatic carbocycles. The highest BCUT2D eigenvalue weighted by Crippen LogP contribution is 2.19. The highest BCUT2D eigenvalue weighted by atomic mass is 32.2. The van der Waals surface area contributed by atoms with Gasteiger partial charge in [-0.15, -0.1) is 10.2 Å². The summed E-state index contributed by atoms with van der Waals surface area (Å²) >= 11 is 1.26. The number of carbonyl (C=O) groups excluding carboxylic acids is 2. The maximum Gasteiger partial charge on any atom is 0.217 e. The highest BCUT2D eigenvalue weighted by Gasteiger charge is 2.14. The number of Topliss-reactive ketones (excluding diaryl/α,β-unsaturated/α-hetero) is 1. The number of ketones is 1.